The lowest BCUT2D eigenvalue weighted by molar-refractivity contribution is -0.144. The molecule has 1 N–H and O–H groups in total. The number of rotatable bonds is 13. The Morgan fingerprint density at radius 3 is 2.32 bits per heavy atom. The SMILES string of the molecule is CCCC(C(=O)N[C@@H](CC(=O)OCC)c1cc(-c2c(C)cc(F)cc2C)cc(C)c1F)n1cc(CCN2CC[C@@H](F)C2)c(C)cc1=O. The molecule has 4 rings (SSSR count). The smallest absolute Gasteiger partial charge is 0.308 e. The molecular formula is C37H46F3N3O4. The van der Waals surface area contributed by atoms with Crippen LogP contribution < -0.4 is 10.9 Å². The van der Waals surface area contributed by atoms with Gasteiger partial charge in [-0.05, 0) is 117 Å². The monoisotopic (exact) mass is 653 g/mol. The number of aryl methyl sites for hydroxylation is 4. The third kappa shape index (κ3) is 8.71. The van der Waals surface area contributed by atoms with Gasteiger partial charge in [0.25, 0.3) is 5.56 Å². The van der Waals surface area contributed by atoms with Gasteiger partial charge in [0.1, 0.15) is 23.8 Å². The van der Waals surface area contributed by atoms with Crippen LogP contribution in [-0.2, 0) is 20.7 Å². The standard InChI is InChI=1S/C37H46F3N3O4/c1-7-9-32(43-20-26(22(3)17-33(43)44)10-12-42-13-11-28(38)21-42)37(46)41-31(19-34(45)47-8-2)30-18-27(14-25(6)36(30)40)35-23(4)15-29(39)16-24(35)5/h14-18,20,28,31-32H,7-13,19,21H2,1-6H3,(H,41,46)/t28-,31+,32?/m1/s1. The molecule has 1 unspecified atom stereocenters. The fourth-order valence-corrected chi connectivity index (χ4v) is 6.58. The highest BCUT2D eigenvalue weighted by Crippen LogP contribution is 2.34. The van der Waals surface area contributed by atoms with Crippen LogP contribution in [0.2, 0.25) is 0 Å². The van der Waals surface area contributed by atoms with Gasteiger partial charge >= 0.3 is 5.97 Å². The second-order valence-electron chi connectivity index (χ2n) is 12.6. The Hall–Kier alpha value is -3.92. The minimum Gasteiger partial charge on any atom is -0.466 e. The van der Waals surface area contributed by atoms with Gasteiger partial charge in [-0.15, -0.1) is 0 Å². The molecule has 0 aliphatic carbocycles. The van der Waals surface area contributed by atoms with Gasteiger partial charge in [0.05, 0.1) is 19.1 Å². The molecule has 3 atom stereocenters. The molecule has 1 saturated heterocycles. The molecule has 1 fully saturated rings. The zero-order chi connectivity index (χ0) is 34.4. The summed E-state index contributed by atoms with van der Waals surface area (Å²) in [6, 6.07) is 5.54. The molecule has 1 amide bonds. The number of hydrogen-bond acceptors (Lipinski definition) is 5. The quantitative estimate of drug-likeness (QED) is 0.206. The minimum absolute atomic E-state index is 0.0912. The van der Waals surface area contributed by atoms with Crippen molar-refractivity contribution in [2.24, 2.45) is 0 Å². The highest BCUT2D eigenvalue weighted by atomic mass is 19.1. The van der Waals surface area contributed by atoms with E-state index in [0.29, 0.717) is 67.6 Å². The molecule has 47 heavy (non-hydrogen) atoms. The number of carbonyl (C=O) groups is 2. The average Bonchev–Trinajstić information content (AvgIpc) is 3.41. The van der Waals surface area contributed by atoms with Crippen molar-refractivity contribution in [3.05, 3.63) is 91.9 Å². The molecule has 3 aromatic rings. The number of benzene rings is 2. The summed E-state index contributed by atoms with van der Waals surface area (Å²) in [4.78, 5) is 42.2. The third-order valence-electron chi connectivity index (χ3n) is 8.95. The van der Waals surface area contributed by atoms with Crippen LogP contribution in [0.5, 0.6) is 0 Å². The molecule has 7 nitrogen and oxygen atoms in total. The van der Waals surface area contributed by atoms with Crippen LogP contribution in [0, 0.1) is 39.3 Å². The molecule has 1 aliphatic heterocycles. The summed E-state index contributed by atoms with van der Waals surface area (Å²) in [6.07, 6.45) is 2.54. The van der Waals surface area contributed by atoms with Crippen molar-refractivity contribution in [3.63, 3.8) is 0 Å². The summed E-state index contributed by atoms with van der Waals surface area (Å²) < 4.78 is 50.4. The highest BCUT2D eigenvalue weighted by Gasteiger charge is 2.29. The Balaban J connectivity index is 1.71. The number of amides is 1. The second kappa shape index (κ2) is 15.8. The fourth-order valence-electron chi connectivity index (χ4n) is 6.58. The first-order valence-corrected chi connectivity index (χ1v) is 16.4. The molecule has 0 saturated carbocycles. The van der Waals surface area contributed by atoms with E-state index in [2.05, 4.69) is 10.2 Å². The molecule has 0 spiro atoms. The maximum absolute atomic E-state index is 15.9. The van der Waals surface area contributed by atoms with E-state index in [1.807, 2.05) is 13.8 Å². The Morgan fingerprint density at radius 1 is 1.00 bits per heavy atom. The summed E-state index contributed by atoms with van der Waals surface area (Å²) in [5.41, 5.74) is 4.39. The van der Waals surface area contributed by atoms with E-state index in [-0.39, 0.29) is 30.0 Å². The molecule has 10 heteroatoms. The van der Waals surface area contributed by atoms with Crippen molar-refractivity contribution < 1.29 is 27.5 Å². The van der Waals surface area contributed by atoms with Gasteiger partial charge in [0, 0.05) is 37.5 Å². The molecule has 0 bridgehead atoms. The lowest BCUT2D eigenvalue weighted by Crippen LogP contribution is -2.40. The molecule has 254 valence electrons. The lowest BCUT2D eigenvalue weighted by atomic mass is 9.90. The second-order valence-corrected chi connectivity index (χ2v) is 12.6. The number of esters is 1. The van der Waals surface area contributed by atoms with Gasteiger partial charge in [-0.1, -0.05) is 13.3 Å². The predicted molar refractivity (Wildman–Crippen MR) is 177 cm³/mol. The van der Waals surface area contributed by atoms with Crippen LogP contribution >= 0.6 is 0 Å². The van der Waals surface area contributed by atoms with E-state index < -0.39 is 35.9 Å². The number of nitrogens with one attached hydrogen (secondary N) is 1. The highest BCUT2D eigenvalue weighted by molar-refractivity contribution is 5.82. The van der Waals surface area contributed by atoms with Crippen molar-refractivity contribution >= 4 is 11.9 Å². The van der Waals surface area contributed by atoms with Crippen LogP contribution in [-0.4, -0.2) is 53.8 Å². The van der Waals surface area contributed by atoms with Crippen LogP contribution in [0.1, 0.15) is 85.0 Å². The number of alkyl halides is 1. The zero-order valence-electron chi connectivity index (χ0n) is 28.2. The van der Waals surface area contributed by atoms with Gasteiger partial charge in [0.2, 0.25) is 5.91 Å². The maximum Gasteiger partial charge on any atom is 0.308 e. The van der Waals surface area contributed by atoms with E-state index >= 15 is 4.39 Å². The van der Waals surface area contributed by atoms with Crippen molar-refractivity contribution in [1.82, 2.24) is 14.8 Å². The maximum atomic E-state index is 15.9. The van der Waals surface area contributed by atoms with Crippen LogP contribution in [0.25, 0.3) is 11.1 Å². The summed E-state index contributed by atoms with van der Waals surface area (Å²) in [5, 5.41) is 2.88. The topological polar surface area (TPSA) is 80.6 Å². The number of aromatic nitrogens is 1. The average molecular weight is 654 g/mol. The largest absolute Gasteiger partial charge is 0.466 e. The Kier molecular flexibility index (Phi) is 12.1. The van der Waals surface area contributed by atoms with Gasteiger partial charge in [0.15, 0.2) is 0 Å². The number of nitrogens with zero attached hydrogens (tertiary/aromatic N) is 2. The van der Waals surface area contributed by atoms with Gasteiger partial charge in [-0.2, -0.15) is 0 Å². The molecular weight excluding hydrogens is 607 g/mol. The summed E-state index contributed by atoms with van der Waals surface area (Å²) in [7, 11) is 0. The van der Waals surface area contributed by atoms with Crippen LogP contribution in [0.4, 0.5) is 13.2 Å². The number of halogens is 3. The molecule has 2 aromatic carbocycles. The van der Waals surface area contributed by atoms with E-state index in [0.717, 1.165) is 16.7 Å². The number of likely N-dealkylation sites (tertiary alicyclic amines) is 1. The van der Waals surface area contributed by atoms with Crippen molar-refractivity contribution in [1.29, 1.82) is 0 Å². The predicted octanol–water partition coefficient (Wildman–Crippen LogP) is 6.77. The number of hydrogen-bond donors (Lipinski definition) is 1. The normalized spacial score (nSPS) is 16.2. The van der Waals surface area contributed by atoms with E-state index in [1.54, 1.807) is 46.0 Å². The summed E-state index contributed by atoms with van der Waals surface area (Å²) in [5.74, 6) is -2.11. The third-order valence-corrected chi connectivity index (χ3v) is 8.95. The van der Waals surface area contributed by atoms with E-state index in [1.165, 1.54) is 22.8 Å². The van der Waals surface area contributed by atoms with E-state index in [4.69, 9.17) is 4.74 Å². The van der Waals surface area contributed by atoms with E-state index in [9.17, 15) is 23.2 Å². The lowest BCUT2D eigenvalue weighted by Gasteiger charge is -2.26. The van der Waals surface area contributed by atoms with Crippen molar-refractivity contribution in [3.8, 4) is 11.1 Å². The Labute approximate surface area is 275 Å². The Morgan fingerprint density at radius 2 is 1.70 bits per heavy atom. The first-order valence-electron chi connectivity index (χ1n) is 16.4. The van der Waals surface area contributed by atoms with Gasteiger partial charge in [-0.25, -0.2) is 13.2 Å². The summed E-state index contributed by atoms with van der Waals surface area (Å²) >= 11 is 0. The van der Waals surface area contributed by atoms with Crippen molar-refractivity contribution in [2.45, 2.75) is 91.9 Å². The fraction of sp³-hybridized carbons (Fsp3) is 0.486. The minimum atomic E-state index is -1.11. The van der Waals surface area contributed by atoms with Gasteiger partial charge < -0.3 is 19.5 Å². The van der Waals surface area contributed by atoms with Crippen molar-refractivity contribution in [2.75, 3.05) is 26.2 Å². The Bertz CT molecular complexity index is 1650. The number of pyridine rings is 1. The van der Waals surface area contributed by atoms with Crippen LogP contribution in [0.15, 0.2) is 41.3 Å². The number of carbonyl (C=O) groups excluding carboxylic acids is 2. The molecule has 1 aromatic heterocycles. The molecule has 0 radical (unpaired) electrons. The molecule has 2 heterocycles. The van der Waals surface area contributed by atoms with Gasteiger partial charge in [-0.3, -0.25) is 14.4 Å². The first kappa shape index (κ1) is 35.9. The zero-order valence-corrected chi connectivity index (χ0v) is 28.2. The summed E-state index contributed by atoms with van der Waals surface area (Å²) in [6.45, 7) is 12.4. The van der Waals surface area contributed by atoms with Crippen LogP contribution in [0.3, 0.4) is 0 Å². The first-order chi connectivity index (χ1) is 22.3. The number of ether oxygens (including phenoxy) is 1. The molecule has 1 aliphatic rings.